The minimum atomic E-state index is -4.47. The minimum absolute atomic E-state index is 0. The van der Waals surface area contributed by atoms with Gasteiger partial charge in [-0.3, -0.25) is 9.48 Å². The third-order valence-corrected chi connectivity index (χ3v) is 4.00. The number of hydrogen-bond donors (Lipinski definition) is 0. The summed E-state index contributed by atoms with van der Waals surface area (Å²) in [6.07, 6.45) is -2.93. The number of aromatic nitrogens is 2. The van der Waals surface area contributed by atoms with Crippen molar-refractivity contribution in [3.8, 4) is 0 Å². The number of alkyl halides is 3. The smallest absolute Gasteiger partial charge is 0.380 e. The highest BCUT2D eigenvalue weighted by atomic mass is 32.1. The number of amides is 1. The lowest BCUT2D eigenvalue weighted by Gasteiger charge is -2.32. The maximum absolute atomic E-state index is 13.1. The number of carbonyl (C=O) groups is 1. The predicted octanol–water partition coefficient (Wildman–Crippen LogP) is 3.38. The monoisotopic (exact) mass is 373 g/mol. The molecule has 0 saturated carbocycles. The van der Waals surface area contributed by atoms with E-state index in [0.29, 0.717) is 17.9 Å². The van der Waals surface area contributed by atoms with Crippen molar-refractivity contribution < 1.29 is 22.7 Å². The molecule has 5 nitrogen and oxygen atoms in total. The van der Waals surface area contributed by atoms with Gasteiger partial charge in [-0.1, -0.05) is 0 Å². The van der Waals surface area contributed by atoms with Crippen LogP contribution in [-0.2, 0) is 17.5 Å². The maximum atomic E-state index is 13.1. The number of rotatable bonds is 3. The van der Waals surface area contributed by atoms with Crippen LogP contribution in [0.3, 0.4) is 0 Å². The largest absolute Gasteiger partial charge is 0.416 e. The summed E-state index contributed by atoms with van der Waals surface area (Å²) in [5.74, 6) is -0.284. The second-order valence-electron chi connectivity index (χ2n) is 5.70. The number of nitrogens with zero attached hydrogens (tertiary/aromatic N) is 3. The summed E-state index contributed by atoms with van der Waals surface area (Å²) in [6.45, 7) is 2.06. The first-order chi connectivity index (χ1) is 11.3. The SMILES string of the molecule is COCc1cc(N2C[C@H](C)n3nccc3C2=O)ccc1C(F)(F)F.S. The van der Waals surface area contributed by atoms with Crippen LogP contribution in [0.25, 0.3) is 0 Å². The number of ether oxygens (including phenoxy) is 1. The molecule has 0 fully saturated rings. The summed E-state index contributed by atoms with van der Waals surface area (Å²) in [5, 5.41) is 4.11. The van der Waals surface area contributed by atoms with Gasteiger partial charge in [-0.25, -0.2) is 0 Å². The van der Waals surface area contributed by atoms with Crippen molar-refractivity contribution in [3.05, 3.63) is 47.3 Å². The van der Waals surface area contributed by atoms with Crippen LogP contribution in [0.4, 0.5) is 18.9 Å². The van der Waals surface area contributed by atoms with E-state index in [1.807, 2.05) is 6.92 Å². The number of benzene rings is 1. The van der Waals surface area contributed by atoms with Crippen molar-refractivity contribution in [2.45, 2.75) is 25.7 Å². The molecule has 2 aromatic rings. The minimum Gasteiger partial charge on any atom is -0.380 e. The van der Waals surface area contributed by atoms with Crippen LogP contribution >= 0.6 is 13.5 Å². The van der Waals surface area contributed by atoms with Gasteiger partial charge < -0.3 is 9.64 Å². The molecule has 0 unspecified atom stereocenters. The Kier molecular flexibility index (Phi) is 5.48. The molecule has 3 rings (SSSR count). The summed E-state index contributed by atoms with van der Waals surface area (Å²) in [4.78, 5) is 14.1. The highest BCUT2D eigenvalue weighted by Gasteiger charge is 2.35. The number of carbonyl (C=O) groups excluding carboxylic acids is 1. The van der Waals surface area contributed by atoms with Crippen LogP contribution in [0.2, 0.25) is 0 Å². The lowest BCUT2D eigenvalue weighted by atomic mass is 10.0. The molecule has 9 heteroatoms. The number of hydrogen-bond acceptors (Lipinski definition) is 3. The van der Waals surface area contributed by atoms with Crippen molar-refractivity contribution in [1.82, 2.24) is 9.78 Å². The Bertz CT molecular complexity index is 776. The van der Waals surface area contributed by atoms with Gasteiger partial charge in [0.15, 0.2) is 0 Å². The fraction of sp³-hybridized carbons (Fsp3) is 0.375. The fourth-order valence-corrected chi connectivity index (χ4v) is 2.92. The van der Waals surface area contributed by atoms with Gasteiger partial charge in [-0.15, -0.1) is 0 Å². The highest BCUT2D eigenvalue weighted by molar-refractivity contribution is 7.59. The first-order valence-corrected chi connectivity index (χ1v) is 7.37. The van der Waals surface area contributed by atoms with Crippen molar-refractivity contribution in [1.29, 1.82) is 0 Å². The third kappa shape index (κ3) is 3.52. The van der Waals surface area contributed by atoms with Crippen LogP contribution in [0.15, 0.2) is 30.5 Å². The molecular formula is C16H18F3N3O2S. The normalized spacial score (nSPS) is 17.2. The van der Waals surface area contributed by atoms with E-state index in [1.165, 1.54) is 30.3 Å². The first kappa shape index (κ1) is 19.3. The summed E-state index contributed by atoms with van der Waals surface area (Å²) >= 11 is 0. The topological polar surface area (TPSA) is 47.4 Å². The molecule has 0 aliphatic carbocycles. The van der Waals surface area contributed by atoms with Crippen LogP contribution < -0.4 is 4.90 Å². The van der Waals surface area contributed by atoms with Crippen LogP contribution in [0.1, 0.15) is 34.6 Å². The molecule has 1 aliphatic rings. The number of methoxy groups -OCH3 is 1. The van der Waals surface area contributed by atoms with Crippen molar-refractivity contribution in [2.75, 3.05) is 18.6 Å². The Morgan fingerprint density at radius 2 is 2.04 bits per heavy atom. The maximum Gasteiger partial charge on any atom is 0.416 e. The van der Waals surface area contributed by atoms with E-state index in [1.54, 1.807) is 10.7 Å². The summed E-state index contributed by atoms with van der Waals surface area (Å²) in [5.41, 5.74) is 0.0824. The number of anilines is 1. The van der Waals surface area contributed by atoms with E-state index in [0.717, 1.165) is 6.07 Å². The molecule has 1 aromatic carbocycles. The summed E-state index contributed by atoms with van der Waals surface area (Å²) in [6, 6.07) is 5.21. The van der Waals surface area contributed by atoms with Crippen molar-refractivity contribution in [2.24, 2.45) is 0 Å². The molecule has 1 amide bonds. The van der Waals surface area contributed by atoms with Gasteiger partial charge in [0.1, 0.15) is 5.69 Å². The van der Waals surface area contributed by atoms with Gasteiger partial charge in [-0.2, -0.15) is 31.8 Å². The quantitative estimate of drug-likeness (QED) is 0.829. The van der Waals surface area contributed by atoms with Gasteiger partial charge in [0.25, 0.3) is 5.91 Å². The molecular weight excluding hydrogens is 355 g/mol. The molecule has 0 N–H and O–H groups in total. The molecule has 0 radical (unpaired) electrons. The van der Waals surface area contributed by atoms with E-state index >= 15 is 0 Å². The van der Waals surface area contributed by atoms with Gasteiger partial charge in [-0.05, 0) is 36.8 Å². The van der Waals surface area contributed by atoms with Crippen LogP contribution in [0.5, 0.6) is 0 Å². The second-order valence-corrected chi connectivity index (χ2v) is 5.70. The van der Waals surface area contributed by atoms with E-state index in [9.17, 15) is 18.0 Å². The van der Waals surface area contributed by atoms with E-state index in [4.69, 9.17) is 4.74 Å². The van der Waals surface area contributed by atoms with E-state index in [-0.39, 0.29) is 37.6 Å². The van der Waals surface area contributed by atoms with E-state index in [2.05, 4.69) is 5.10 Å². The van der Waals surface area contributed by atoms with Gasteiger partial charge >= 0.3 is 6.18 Å². The van der Waals surface area contributed by atoms with Gasteiger partial charge in [0.2, 0.25) is 0 Å². The Morgan fingerprint density at radius 3 is 2.68 bits per heavy atom. The van der Waals surface area contributed by atoms with Gasteiger partial charge in [0, 0.05) is 25.5 Å². The molecule has 0 saturated heterocycles. The van der Waals surface area contributed by atoms with Crippen LogP contribution in [0, 0.1) is 0 Å². The zero-order valence-electron chi connectivity index (χ0n) is 13.7. The molecule has 0 spiro atoms. The lowest BCUT2D eigenvalue weighted by molar-refractivity contribution is -0.138. The fourth-order valence-electron chi connectivity index (χ4n) is 2.92. The van der Waals surface area contributed by atoms with Crippen molar-refractivity contribution in [3.63, 3.8) is 0 Å². The Balaban J connectivity index is 0.00000225. The number of halogens is 3. The van der Waals surface area contributed by atoms with Crippen LogP contribution in [-0.4, -0.2) is 29.3 Å². The molecule has 136 valence electrons. The standard InChI is InChI=1S/C16H16F3N3O2.H2S/c1-10-8-21(15(23)14-5-6-20-22(10)14)12-3-4-13(16(17,18)19)11(7-12)9-24-2;/h3-7,10H,8-9H2,1-2H3;1H2/t10-;/m0./s1. The lowest BCUT2D eigenvalue weighted by Crippen LogP contribution is -2.42. The molecule has 2 heterocycles. The molecule has 25 heavy (non-hydrogen) atoms. The average Bonchev–Trinajstić information content (AvgIpc) is 3.00. The van der Waals surface area contributed by atoms with Gasteiger partial charge in [0.05, 0.1) is 18.2 Å². The average molecular weight is 373 g/mol. The molecule has 1 aromatic heterocycles. The predicted molar refractivity (Wildman–Crippen MR) is 91.2 cm³/mol. The second kappa shape index (κ2) is 7.09. The van der Waals surface area contributed by atoms with E-state index < -0.39 is 11.7 Å². The summed E-state index contributed by atoms with van der Waals surface area (Å²) in [7, 11) is 1.33. The Labute approximate surface area is 149 Å². The zero-order valence-corrected chi connectivity index (χ0v) is 14.7. The molecule has 0 bridgehead atoms. The third-order valence-electron chi connectivity index (χ3n) is 4.00. The highest BCUT2D eigenvalue weighted by Crippen LogP contribution is 2.35. The Hall–Kier alpha value is -2.00. The first-order valence-electron chi connectivity index (χ1n) is 7.37. The summed E-state index contributed by atoms with van der Waals surface area (Å²) < 4.78 is 45.8. The zero-order chi connectivity index (χ0) is 17.5. The van der Waals surface area contributed by atoms with Crippen molar-refractivity contribution >= 4 is 25.1 Å². The molecule has 1 aliphatic heterocycles. The Morgan fingerprint density at radius 1 is 1.32 bits per heavy atom. The molecule has 1 atom stereocenters. The number of fused-ring (bicyclic) bond motifs is 1.